The Morgan fingerprint density at radius 3 is 1.87 bits per heavy atom. The minimum absolute atomic E-state index is 0.0316. The Labute approximate surface area is 349 Å². The normalized spacial score (nSPS) is 38.6. The van der Waals surface area contributed by atoms with Crippen LogP contribution in [0.1, 0.15) is 34.6 Å². The van der Waals surface area contributed by atoms with E-state index in [4.69, 9.17) is 53.1 Å². The molecule has 18 atom stereocenters. The van der Waals surface area contributed by atoms with E-state index in [1.807, 2.05) is 0 Å². The lowest BCUT2D eigenvalue weighted by Gasteiger charge is -2.49. The maximum absolute atomic E-state index is 12.8. The standard InChI is InChI=1S/C35H60N4O22/c1-13-23(47)26(22(39-16(4)46)32(54-13)59-27-21(38-15(3)45)31(52-7-6-36)56-19(10-42)24(27)48)58-30(55-17(8-40)9-41)18(37-14(2)44)12-53-33-29-28(25(49)20(11-43)57-33)60-35(5,61-29)34(50)51/h13,17-33,40-43,47-49H,6-12,36H2,1-5H3,(H,37,44)(H,38,45)(H,39,46)(H,50,51)/t13?,18?,19?,20?,21?,22?,23?,24?,25?,26?,27?,28?,29?,30?,31?,32?,33?,35-/m0/s1. The number of aliphatic hydroxyl groups excluding tert-OH is 7. The van der Waals surface area contributed by atoms with E-state index in [9.17, 15) is 60.0 Å². The molecule has 61 heavy (non-hydrogen) atoms. The van der Waals surface area contributed by atoms with Crippen LogP contribution in [0.3, 0.4) is 0 Å². The second-order valence-corrected chi connectivity index (χ2v) is 15.0. The van der Waals surface area contributed by atoms with Crippen molar-refractivity contribution in [1.29, 1.82) is 0 Å². The summed E-state index contributed by atoms with van der Waals surface area (Å²) in [6.45, 7) is 2.11. The monoisotopic (exact) mass is 888 g/mol. The van der Waals surface area contributed by atoms with Gasteiger partial charge in [-0.05, 0) is 6.92 Å². The molecule has 0 aliphatic carbocycles. The Morgan fingerprint density at radius 2 is 1.33 bits per heavy atom. The molecule has 26 heteroatoms. The number of rotatable bonds is 21. The van der Waals surface area contributed by atoms with Crippen molar-refractivity contribution < 1.29 is 107 Å². The van der Waals surface area contributed by atoms with Gasteiger partial charge in [-0.3, -0.25) is 14.4 Å². The highest BCUT2D eigenvalue weighted by molar-refractivity contribution is 5.75. The molecular formula is C35H60N4O22. The van der Waals surface area contributed by atoms with E-state index in [0.717, 1.165) is 20.8 Å². The van der Waals surface area contributed by atoms with Crippen molar-refractivity contribution in [1.82, 2.24) is 16.0 Å². The maximum atomic E-state index is 12.8. The Kier molecular flexibility index (Phi) is 18.9. The lowest BCUT2D eigenvalue weighted by Crippen LogP contribution is -2.70. The summed E-state index contributed by atoms with van der Waals surface area (Å²) in [4.78, 5) is 49.8. The first-order chi connectivity index (χ1) is 28.8. The molecule has 4 saturated heterocycles. The van der Waals surface area contributed by atoms with Gasteiger partial charge < -0.3 is 110 Å². The summed E-state index contributed by atoms with van der Waals surface area (Å²) < 4.78 is 58.7. The van der Waals surface area contributed by atoms with Crippen molar-refractivity contribution in [3.63, 3.8) is 0 Å². The molecule has 0 spiro atoms. The van der Waals surface area contributed by atoms with Crippen LogP contribution in [0, 0.1) is 0 Å². The number of nitrogens with two attached hydrogens (primary N) is 1. The summed E-state index contributed by atoms with van der Waals surface area (Å²) in [6, 6.07) is -4.26. The van der Waals surface area contributed by atoms with E-state index >= 15 is 0 Å². The van der Waals surface area contributed by atoms with Crippen molar-refractivity contribution in [3.05, 3.63) is 0 Å². The molecule has 4 rings (SSSR count). The van der Waals surface area contributed by atoms with E-state index in [2.05, 4.69) is 16.0 Å². The molecular weight excluding hydrogens is 828 g/mol. The van der Waals surface area contributed by atoms with Gasteiger partial charge in [-0.25, -0.2) is 4.79 Å². The van der Waals surface area contributed by atoms with Gasteiger partial charge in [-0.2, -0.15) is 0 Å². The quantitative estimate of drug-likeness (QED) is 0.0476. The second-order valence-electron chi connectivity index (χ2n) is 15.0. The average molecular weight is 889 g/mol. The molecule has 26 nitrogen and oxygen atoms in total. The zero-order valence-electron chi connectivity index (χ0n) is 34.2. The van der Waals surface area contributed by atoms with Crippen LogP contribution in [0.4, 0.5) is 0 Å². The zero-order chi connectivity index (χ0) is 45.3. The van der Waals surface area contributed by atoms with Crippen LogP contribution >= 0.6 is 0 Å². The predicted octanol–water partition coefficient (Wildman–Crippen LogP) is -7.19. The summed E-state index contributed by atoms with van der Waals surface area (Å²) in [5, 5.41) is 91.2. The molecule has 0 aromatic rings. The summed E-state index contributed by atoms with van der Waals surface area (Å²) >= 11 is 0. The number of carboxylic acid groups (broad SMARTS) is 1. The third kappa shape index (κ3) is 12.5. The summed E-state index contributed by atoms with van der Waals surface area (Å²) in [6.07, 6.45) is -22.4. The fourth-order valence-electron chi connectivity index (χ4n) is 7.22. The van der Waals surface area contributed by atoms with E-state index < -0.39 is 173 Å². The molecule has 3 amide bonds. The van der Waals surface area contributed by atoms with Gasteiger partial charge in [0, 0.05) is 34.2 Å². The molecule has 4 aliphatic heterocycles. The molecule has 0 bridgehead atoms. The van der Waals surface area contributed by atoms with Crippen molar-refractivity contribution in [2.24, 2.45) is 5.73 Å². The van der Waals surface area contributed by atoms with Gasteiger partial charge in [0.05, 0.1) is 45.7 Å². The molecule has 17 unspecified atom stereocenters. The Bertz CT molecular complexity index is 1450. The zero-order valence-corrected chi connectivity index (χ0v) is 34.2. The molecule has 0 saturated carbocycles. The SMILES string of the molecule is CC(=O)NC(COC1OC(CO)C(O)C2O[C@](C)(C(=O)O)OC12)C(OC(CO)CO)OC1C(O)C(C)OC(OC2C(O)C(CO)OC(OCCN)C2NC(C)=O)C1NC(C)=O. The van der Waals surface area contributed by atoms with E-state index in [1.54, 1.807) is 0 Å². The van der Waals surface area contributed by atoms with E-state index in [1.165, 1.54) is 13.8 Å². The van der Waals surface area contributed by atoms with Crippen LogP contribution in [-0.4, -0.2) is 227 Å². The van der Waals surface area contributed by atoms with Crippen LogP contribution in [0.5, 0.6) is 0 Å². The maximum Gasteiger partial charge on any atom is 0.364 e. The Balaban J connectivity index is 1.70. The third-order valence-corrected chi connectivity index (χ3v) is 10.2. The largest absolute Gasteiger partial charge is 0.477 e. The van der Waals surface area contributed by atoms with Crippen LogP contribution in [0.25, 0.3) is 0 Å². The second kappa shape index (κ2) is 22.7. The van der Waals surface area contributed by atoms with Crippen LogP contribution in [0.15, 0.2) is 0 Å². The average Bonchev–Trinajstić information content (AvgIpc) is 3.58. The lowest BCUT2D eigenvalue weighted by molar-refractivity contribution is -0.339. The van der Waals surface area contributed by atoms with Gasteiger partial charge >= 0.3 is 5.97 Å². The smallest absolute Gasteiger partial charge is 0.364 e. The number of fused-ring (bicyclic) bond motifs is 1. The molecule has 4 aliphatic rings. The summed E-state index contributed by atoms with van der Waals surface area (Å²) in [7, 11) is 0. The number of aliphatic hydroxyl groups is 7. The molecule has 0 radical (unpaired) electrons. The first kappa shape index (κ1) is 50.8. The van der Waals surface area contributed by atoms with Crippen LogP contribution in [-0.2, 0) is 66.5 Å². The molecule has 4 heterocycles. The lowest BCUT2D eigenvalue weighted by atomic mass is 9.94. The van der Waals surface area contributed by atoms with Gasteiger partial charge in [0.2, 0.25) is 17.7 Å². The number of carbonyl (C=O) groups excluding carboxylic acids is 3. The van der Waals surface area contributed by atoms with E-state index in [0.29, 0.717) is 0 Å². The van der Waals surface area contributed by atoms with Crippen LogP contribution < -0.4 is 21.7 Å². The minimum atomic E-state index is -2.26. The highest BCUT2D eigenvalue weighted by atomic mass is 16.8. The van der Waals surface area contributed by atoms with Crippen molar-refractivity contribution in [2.45, 2.75) is 151 Å². The fraction of sp³-hybridized carbons (Fsp3) is 0.886. The number of carbonyl (C=O) groups is 4. The van der Waals surface area contributed by atoms with Crippen molar-refractivity contribution in [2.75, 3.05) is 46.2 Å². The topological polar surface area (TPSA) is 385 Å². The Morgan fingerprint density at radius 1 is 0.754 bits per heavy atom. The highest BCUT2D eigenvalue weighted by Crippen LogP contribution is 2.39. The molecule has 4 fully saturated rings. The predicted molar refractivity (Wildman–Crippen MR) is 196 cm³/mol. The number of nitrogens with one attached hydrogen (secondary N) is 3. The van der Waals surface area contributed by atoms with E-state index in [-0.39, 0.29) is 13.2 Å². The first-order valence-electron chi connectivity index (χ1n) is 19.6. The number of amides is 3. The summed E-state index contributed by atoms with van der Waals surface area (Å²) in [5.74, 6) is -5.82. The van der Waals surface area contributed by atoms with Gasteiger partial charge in [0.1, 0.15) is 79.2 Å². The van der Waals surface area contributed by atoms with Crippen molar-refractivity contribution >= 4 is 23.7 Å². The highest BCUT2D eigenvalue weighted by Gasteiger charge is 2.60. The number of carboxylic acids is 1. The van der Waals surface area contributed by atoms with Gasteiger partial charge in [0.25, 0.3) is 5.79 Å². The number of hydrogen-bond acceptors (Lipinski definition) is 22. The van der Waals surface area contributed by atoms with Gasteiger partial charge in [-0.1, -0.05) is 0 Å². The fourth-order valence-corrected chi connectivity index (χ4v) is 7.22. The molecule has 352 valence electrons. The number of aliphatic carboxylic acids is 1. The Hall–Kier alpha value is -2.84. The number of hydrogen-bond donors (Lipinski definition) is 12. The molecule has 0 aromatic carbocycles. The van der Waals surface area contributed by atoms with Gasteiger partial charge in [0.15, 0.2) is 25.2 Å². The van der Waals surface area contributed by atoms with Gasteiger partial charge in [-0.15, -0.1) is 0 Å². The third-order valence-electron chi connectivity index (χ3n) is 10.2. The summed E-state index contributed by atoms with van der Waals surface area (Å²) in [5.41, 5.74) is 5.61. The number of ether oxygens (including phenoxy) is 10. The van der Waals surface area contributed by atoms with Crippen LogP contribution in [0.2, 0.25) is 0 Å². The minimum Gasteiger partial charge on any atom is -0.477 e. The molecule has 0 aromatic heterocycles. The molecule has 13 N–H and O–H groups in total. The van der Waals surface area contributed by atoms with Crippen molar-refractivity contribution in [3.8, 4) is 0 Å². The first-order valence-corrected chi connectivity index (χ1v) is 19.6.